The van der Waals surface area contributed by atoms with E-state index in [1.54, 1.807) is 0 Å². The number of halogens is 2. The maximum absolute atomic E-state index is 12.9. The lowest BCUT2D eigenvalue weighted by Crippen LogP contribution is -2.51. The van der Waals surface area contributed by atoms with Crippen molar-refractivity contribution in [1.29, 1.82) is 0 Å². The van der Waals surface area contributed by atoms with Gasteiger partial charge < -0.3 is 10.8 Å². The summed E-state index contributed by atoms with van der Waals surface area (Å²) in [6, 6.07) is 0. The fourth-order valence-electron chi connectivity index (χ4n) is 1.60. The number of hydrogen-bond donors (Lipinski definition) is 2. The van der Waals surface area contributed by atoms with Crippen LogP contribution in [0.4, 0.5) is 8.78 Å². The number of carbonyl (C=O) groups is 1. The number of hydrogen-bond acceptors (Lipinski definition) is 2. The monoisotopic (exact) mass is 193 g/mol. The summed E-state index contributed by atoms with van der Waals surface area (Å²) in [5, 5.41) is 9.54. The summed E-state index contributed by atoms with van der Waals surface area (Å²) >= 11 is 0. The van der Waals surface area contributed by atoms with Crippen molar-refractivity contribution in [3.05, 3.63) is 0 Å². The first kappa shape index (κ1) is 10.4. The number of aliphatic hydroxyl groups is 1. The van der Waals surface area contributed by atoms with Gasteiger partial charge in [-0.1, -0.05) is 6.92 Å². The Balaban J connectivity index is 2.76. The van der Waals surface area contributed by atoms with Gasteiger partial charge in [0.05, 0.1) is 0 Å². The van der Waals surface area contributed by atoms with E-state index in [9.17, 15) is 18.7 Å². The molecule has 0 radical (unpaired) electrons. The quantitative estimate of drug-likeness (QED) is 0.642. The van der Waals surface area contributed by atoms with Crippen LogP contribution in [0.2, 0.25) is 0 Å². The standard InChI is InChI=1S/C8H13F2NO2/c1-5-4-7(13,6(11)12)2-3-8(5,9)10/h5,13H,2-4H2,1H3,(H2,11,12). The van der Waals surface area contributed by atoms with Crippen LogP contribution in [0.25, 0.3) is 0 Å². The van der Waals surface area contributed by atoms with Crippen LogP contribution in [-0.2, 0) is 4.79 Å². The molecule has 1 amide bonds. The number of nitrogens with two attached hydrogens (primary N) is 1. The highest BCUT2D eigenvalue weighted by molar-refractivity contribution is 5.83. The van der Waals surface area contributed by atoms with Crippen LogP contribution in [0, 0.1) is 5.92 Å². The van der Waals surface area contributed by atoms with Gasteiger partial charge in [0.15, 0.2) is 0 Å². The van der Waals surface area contributed by atoms with E-state index in [0.717, 1.165) is 0 Å². The Hall–Kier alpha value is -0.710. The zero-order valence-corrected chi connectivity index (χ0v) is 7.39. The first-order valence-corrected chi connectivity index (χ1v) is 4.18. The van der Waals surface area contributed by atoms with Crippen LogP contribution < -0.4 is 5.73 Å². The molecule has 1 fully saturated rings. The molecule has 1 rings (SSSR count). The Morgan fingerprint density at radius 2 is 2.08 bits per heavy atom. The molecule has 0 aromatic heterocycles. The zero-order chi connectivity index (χ0) is 10.3. The fourth-order valence-corrected chi connectivity index (χ4v) is 1.60. The van der Waals surface area contributed by atoms with Crippen molar-refractivity contribution in [3.8, 4) is 0 Å². The smallest absolute Gasteiger partial charge is 0.250 e. The van der Waals surface area contributed by atoms with Crippen molar-refractivity contribution in [2.75, 3.05) is 0 Å². The van der Waals surface area contributed by atoms with Crippen LogP contribution in [0.5, 0.6) is 0 Å². The molecule has 0 heterocycles. The predicted molar refractivity (Wildman–Crippen MR) is 42.1 cm³/mol. The summed E-state index contributed by atoms with van der Waals surface area (Å²) in [7, 11) is 0. The molecule has 3 N–H and O–H groups in total. The number of carbonyl (C=O) groups excluding carboxylic acids is 1. The molecule has 0 aliphatic heterocycles. The fraction of sp³-hybridized carbons (Fsp3) is 0.875. The van der Waals surface area contributed by atoms with Gasteiger partial charge in [0.2, 0.25) is 5.91 Å². The van der Waals surface area contributed by atoms with Gasteiger partial charge in [-0.2, -0.15) is 0 Å². The third kappa shape index (κ3) is 1.80. The SMILES string of the molecule is CC1CC(O)(C(N)=O)CCC1(F)F. The first-order valence-electron chi connectivity index (χ1n) is 4.18. The molecule has 3 nitrogen and oxygen atoms in total. The lowest BCUT2D eigenvalue weighted by atomic mass is 9.76. The average Bonchev–Trinajstić information content (AvgIpc) is 1.98. The van der Waals surface area contributed by atoms with Crippen LogP contribution in [-0.4, -0.2) is 22.5 Å². The molecule has 1 aliphatic carbocycles. The highest BCUT2D eigenvalue weighted by atomic mass is 19.3. The van der Waals surface area contributed by atoms with Crippen LogP contribution in [0.1, 0.15) is 26.2 Å². The minimum Gasteiger partial charge on any atom is -0.380 e. The normalized spacial score (nSPS) is 38.6. The van der Waals surface area contributed by atoms with Crippen LogP contribution in [0.15, 0.2) is 0 Å². The summed E-state index contributed by atoms with van der Waals surface area (Å²) in [4.78, 5) is 10.8. The van der Waals surface area contributed by atoms with Crippen molar-refractivity contribution >= 4 is 5.91 Å². The van der Waals surface area contributed by atoms with Crippen molar-refractivity contribution in [3.63, 3.8) is 0 Å². The molecule has 0 aromatic rings. The van der Waals surface area contributed by atoms with E-state index >= 15 is 0 Å². The molecule has 2 unspecified atom stereocenters. The largest absolute Gasteiger partial charge is 0.380 e. The molecule has 5 heteroatoms. The minimum absolute atomic E-state index is 0.250. The Morgan fingerprint density at radius 1 is 1.54 bits per heavy atom. The molecule has 13 heavy (non-hydrogen) atoms. The van der Waals surface area contributed by atoms with Crippen molar-refractivity contribution in [2.24, 2.45) is 11.7 Å². The second-order valence-corrected chi connectivity index (χ2v) is 3.76. The molecule has 0 saturated heterocycles. The second kappa shape index (κ2) is 2.90. The van der Waals surface area contributed by atoms with Crippen molar-refractivity contribution < 1.29 is 18.7 Å². The number of alkyl halides is 2. The van der Waals surface area contributed by atoms with Gasteiger partial charge in [0.25, 0.3) is 5.92 Å². The molecule has 0 bridgehead atoms. The molecule has 2 atom stereocenters. The summed E-state index contributed by atoms with van der Waals surface area (Å²) in [6.07, 6.45) is -0.984. The maximum atomic E-state index is 12.9. The molecule has 0 aromatic carbocycles. The van der Waals surface area contributed by atoms with Gasteiger partial charge in [-0.3, -0.25) is 4.79 Å². The van der Waals surface area contributed by atoms with Crippen LogP contribution in [0.3, 0.4) is 0 Å². The molecular weight excluding hydrogens is 180 g/mol. The van der Waals surface area contributed by atoms with E-state index in [1.165, 1.54) is 6.92 Å². The van der Waals surface area contributed by atoms with E-state index in [4.69, 9.17) is 5.73 Å². The average molecular weight is 193 g/mol. The first-order chi connectivity index (χ1) is 5.78. The van der Waals surface area contributed by atoms with Crippen molar-refractivity contribution in [2.45, 2.75) is 37.7 Å². The van der Waals surface area contributed by atoms with Crippen molar-refractivity contribution in [1.82, 2.24) is 0 Å². The van der Waals surface area contributed by atoms with Gasteiger partial charge in [-0.05, 0) is 12.8 Å². The van der Waals surface area contributed by atoms with Gasteiger partial charge in [-0.25, -0.2) is 8.78 Å². The molecule has 76 valence electrons. The van der Waals surface area contributed by atoms with E-state index < -0.39 is 29.8 Å². The van der Waals surface area contributed by atoms with Crippen LogP contribution >= 0.6 is 0 Å². The Bertz CT molecular complexity index is 232. The maximum Gasteiger partial charge on any atom is 0.250 e. The molecule has 1 saturated carbocycles. The lowest BCUT2D eigenvalue weighted by Gasteiger charge is -2.37. The Kier molecular flexibility index (Phi) is 2.32. The molecule has 1 aliphatic rings. The second-order valence-electron chi connectivity index (χ2n) is 3.76. The summed E-state index contributed by atoms with van der Waals surface area (Å²) in [5.41, 5.74) is 3.18. The minimum atomic E-state index is -2.79. The van der Waals surface area contributed by atoms with Gasteiger partial charge in [-0.15, -0.1) is 0 Å². The molecular formula is C8H13F2NO2. The highest BCUT2D eigenvalue weighted by Crippen LogP contribution is 2.42. The third-order valence-corrected chi connectivity index (χ3v) is 2.70. The van der Waals surface area contributed by atoms with Gasteiger partial charge in [0, 0.05) is 12.3 Å². The van der Waals surface area contributed by atoms with E-state index in [-0.39, 0.29) is 12.8 Å². The Labute approximate surface area is 74.9 Å². The number of primary amides is 1. The highest BCUT2D eigenvalue weighted by Gasteiger charge is 2.50. The summed E-state index contributed by atoms with van der Waals surface area (Å²) in [5.74, 6) is -4.70. The van der Waals surface area contributed by atoms with E-state index in [0.29, 0.717) is 0 Å². The van der Waals surface area contributed by atoms with E-state index in [1.807, 2.05) is 0 Å². The van der Waals surface area contributed by atoms with Gasteiger partial charge in [0.1, 0.15) is 5.60 Å². The summed E-state index contributed by atoms with van der Waals surface area (Å²) in [6.45, 7) is 1.31. The predicted octanol–water partition coefficient (Wildman–Crippen LogP) is 0.658. The number of rotatable bonds is 1. The van der Waals surface area contributed by atoms with Gasteiger partial charge >= 0.3 is 0 Å². The number of amides is 1. The Morgan fingerprint density at radius 3 is 2.46 bits per heavy atom. The molecule has 0 spiro atoms. The summed E-state index contributed by atoms with van der Waals surface area (Å²) < 4.78 is 25.9. The zero-order valence-electron chi connectivity index (χ0n) is 7.39. The topological polar surface area (TPSA) is 63.3 Å². The van der Waals surface area contributed by atoms with E-state index in [2.05, 4.69) is 0 Å². The third-order valence-electron chi connectivity index (χ3n) is 2.70. The lowest BCUT2D eigenvalue weighted by molar-refractivity contribution is -0.162.